The summed E-state index contributed by atoms with van der Waals surface area (Å²) in [5.41, 5.74) is 0.129. The van der Waals surface area contributed by atoms with E-state index in [2.05, 4.69) is 47.1 Å². The number of fused-ring (bicyclic) bond motifs is 7. The molecule has 25 atom stereocenters. The van der Waals surface area contributed by atoms with Crippen LogP contribution in [0, 0.1) is 27.7 Å². The number of nitrogens with one attached hydrogen (secondary N) is 4. The number of aromatic nitrogens is 12. The van der Waals surface area contributed by atoms with E-state index < -0.39 is 226 Å². The van der Waals surface area contributed by atoms with Crippen molar-refractivity contribution in [3.63, 3.8) is 0 Å². The molecule has 108 heavy (non-hydrogen) atoms. The van der Waals surface area contributed by atoms with Crippen LogP contribution in [0.15, 0.2) is 69.5 Å². The molecule has 0 spiro atoms. The van der Waals surface area contributed by atoms with Crippen LogP contribution >= 0.6 is 39.2 Å². The summed E-state index contributed by atoms with van der Waals surface area (Å²) >= 11 is 21.4. The number of nitrogen functional groups attached to an aromatic ring is 2. The fourth-order valence-corrected chi connectivity index (χ4v) is 20.6. The predicted molar refractivity (Wildman–Crippen MR) is 383 cm³/mol. The Morgan fingerprint density at radius 3 is 1.56 bits per heavy atom. The maximum atomic E-state index is 15.1. The van der Waals surface area contributed by atoms with Gasteiger partial charge in [-0.05, 0) is 90.3 Å². The fraction of sp³-hybridized carbons (Fsp3) is 0.632. The first-order valence-corrected chi connectivity index (χ1v) is 43.8. The molecule has 0 aliphatic carbocycles. The van der Waals surface area contributed by atoms with Crippen LogP contribution in [0.5, 0.6) is 0 Å². The number of ether oxygens (including phenoxy) is 8. The Labute approximate surface area is 627 Å². The SMILES string of the molecule is CC[C@H]1O[C@@H](n2cc(C)c(=O)[nH]c2=O)CC1OP(O)(=S)OC[C@H]1O[C@@H](n2cc(C)c(=O)[nH]c2=O)CC1OP(=O)(S)OC[C@@]12O[C@@H](n3cnc4c(=O)[nH]c(N)nc43)[C@@H](O[C@H]1C)C2OP(O)(=S)OC[C@@]12O[C@@H](n3cc(C)c(=O)[nH]c3=O)[C@@H](O[C@H]1C)C2OP(O)(=S)OC[C@@]12O[C@@H](n3cc(C)c(N)nc3=O)[C@@H](O[C@H]1C)C2O. The number of anilines is 2. The summed E-state index contributed by atoms with van der Waals surface area (Å²) in [7, 11) is 0. The number of hydrogen-bond acceptors (Lipinski definition) is 34. The van der Waals surface area contributed by atoms with Gasteiger partial charge in [0.05, 0.1) is 63.3 Å². The first kappa shape index (κ1) is 79.3. The van der Waals surface area contributed by atoms with Crippen LogP contribution in [-0.4, -0.2) is 200 Å². The summed E-state index contributed by atoms with van der Waals surface area (Å²) in [6.07, 6.45) is -17.0. The van der Waals surface area contributed by atoms with Gasteiger partial charge in [0.25, 0.3) is 22.2 Å². The Balaban J connectivity index is 0.727. The standard InChI is InChI=1S/C57H74N14O29P4S4/c1-9-28-29(10-32(92-28)67-13-22(3)43(73)64-52(67)78)97-101(81,105)85-16-31-30(11-33(93-31)68-14-23(4)44(74)65-53(68)79)98-102(82,106)87-18-57-27(8)91-37(49(96-57)71-20-60-34-42(71)62-50(59)63-46(34)76)40(57)100-104(84,108)88-19-56-26(7)90-36(48(95-56)70-15-24(5)45(75)66-54(70)80)39(56)99-103(83,107)86-17-55-25(6)89-35(38(55)72)47(94-55)69-12-21(2)41(58)61-51(69)77/h12-15,20,25-33,35-40,47-49,72H,9-11,16-19H2,1-8H3,(H,81,105)(H,82,106)(H,83,107)(H,84,108)(H2,58,61,77)(H,64,73,78)(H,65,74,79)(H,66,75,80)(H3,59,62,63,76)/t25-,26-,27-,28+,29?,30?,31+,32+,33+,35-,36-,37-,38?,39?,40?,47+,48+,49+,55+,56+,57+,101?,102?,103?,104?/m0/s1. The molecule has 8 aliphatic heterocycles. The number of hydrogen-bond donors (Lipinski definition) is 11. The molecule has 8 fully saturated rings. The molecule has 0 aromatic carbocycles. The molecule has 14 rings (SSSR count). The molecule has 0 saturated carbocycles. The van der Waals surface area contributed by atoms with Gasteiger partial charge in [-0.3, -0.25) is 80.0 Å². The molecule has 6 aromatic rings. The van der Waals surface area contributed by atoms with Crippen LogP contribution in [0.25, 0.3) is 11.2 Å². The van der Waals surface area contributed by atoms with E-state index >= 15 is 4.57 Å². The topological polar surface area (TPSA) is 561 Å². The van der Waals surface area contributed by atoms with Crippen LogP contribution in [0.1, 0.15) is 100 Å². The number of imidazole rings is 1. The number of nitrogens with zero attached hydrogens (tertiary/aromatic N) is 8. The highest BCUT2D eigenvalue weighted by molar-refractivity contribution is 8.44. The maximum Gasteiger partial charge on any atom is 0.386 e. The summed E-state index contributed by atoms with van der Waals surface area (Å²) in [4.78, 5) is 161. The zero-order chi connectivity index (χ0) is 77.8. The quantitative estimate of drug-likeness (QED) is 0.0235. The van der Waals surface area contributed by atoms with Crippen molar-refractivity contribution in [2.75, 3.05) is 37.9 Å². The summed E-state index contributed by atoms with van der Waals surface area (Å²) in [5, 5.41) is 11.7. The smallest absolute Gasteiger partial charge is 0.386 e. The molecule has 12 N–H and O–H groups in total. The van der Waals surface area contributed by atoms with E-state index in [1.807, 2.05) is 0 Å². The molecule has 14 heterocycles. The molecule has 8 aliphatic rings. The van der Waals surface area contributed by atoms with Crippen LogP contribution in [0.2, 0.25) is 0 Å². The van der Waals surface area contributed by atoms with E-state index in [4.69, 9.17) is 121 Å². The van der Waals surface area contributed by atoms with E-state index in [1.54, 1.807) is 20.8 Å². The lowest BCUT2D eigenvalue weighted by atomic mass is 9.94. The fourth-order valence-electron chi connectivity index (χ4n) is 14.7. The largest absolute Gasteiger partial charge is 0.387 e. The number of aliphatic hydroxyl groups excluding tert-OH is 1. The number of H-pyrrole nitrogens is 4. The van der Waals surface area contributed by atoms with Crippen molar-refractivity contribution in [2.24, 2.45) is 0 Å². The zero-order valence-electron chi connectivity index (χ0n) is 57.9. The molecule has 590 valence electrons. The van der Waals surface area contributed by atoms with Crippen molar-refractivity contribution in [2.45, 2.75) is 202 Å². The van der Waals surface area contributed by atoms with Gasteiger partial charge in [0.1, 0.15) is 83.9 Å². The second-order valence-electron chi connectivity index (χ2n) is 27.2. The number of aryl methyl sites for hydroxylation is 4. The van der Waals surface area contributed by atoms with Gasteiger partial charge in [0, 0.05) is 59.9 Å². The lowest BCUT2D eigenvalue weighted by Gasteiger charge is -2.38. The van der Waals surface area contributed by atoms with Crippen molar-refractivity contribution in [3.8, 4) is 0 Å². The van der Waals surface area contributed by atoms with E-state index in [0.29, 0.717) is 12.0 Å². The van der Waals surface area contributed by atoms with Crippen LogP contribution < -0.4 is 56.5 Å². The molecule has 0 amide bonds. The first-order valence-electron chi connectivity index (χ1n) is 33.3. The van der Waals surface area contributed by atoms with Crippen molar-refractivity contribution in [1.82, 2.24) is 57.7 Å². The van der Waals surface area contributed by atoms with Gasteiger partial charge in [0.15, 0.2) is 29.8 Å². The van der Waals surface area contributed by atoms with E-state index in [9.17, 15) is 58.1 Å². The molecule has 0 radical (unpaired) electrons. The Bertz CT molecular complexity index is 5310. The van der Waals surface area contributed by atoms with Gasteiger partial charge in [-0.25, -0.2) is 28.7 Å². The third-order valence-corrected chi connectivity index (χ3v) is 26.7. The number of nitrogens with two attached hydrogens (primary N) is 2. The van der Waals surface area contributed by atoms with Gasteiger partial charge in [-0.15, -0.1) is 0 Å². The lowest BCUT2D eigenvalue weighted by Crippen LogP contribution is -2.52. The first-order chi connectivity index (χ1) is 50.7. The summed E-state index contributed by atoms with van der Waals surface area (Å²) in [5.74, 6) is -0.368. The van der Waals surface area contributed by atoms with Crippen LogP contribution in [0.3, 0.4) is 0 Å². The van der Waals surface area contributed by atoms with Crippen molar-refractivity contribution < 1.29 is 98.4 Å². The molecule has 8 saturated heterocycles. The molecule has 9 unspecified atom stereocenters. The Morgan fingerprint density at radius 2 is 1.01 bits per heavy atom. The number of aromatic amines is 4. The Kier molecular flexibility index (Phi) is 21.2. The third-order valence-electron chi connectivity index (χ3n) is 20.4. The van der Waals surface area contributed by atoms with Crippen LogP contribution in [-0.2, 0) is 114 Å². The maximum absolute atomic E-state index is 15.1. The zero-order valence-corrected chi connectivity index (χ0v) is 64.8. The molecular weight excluding hydrogens is 1600 g/mol. The molecule has 6 bridgehead atoms. The molecule has 43 nitrogen and oxygen atoms in total. The van der Waals surface area contributed by atoms with Gasteiger partial charge in [-0.1, -0.05) is 19.2 Å². The number of thiol groups is 1. The minimum atomic E-state index is -4.89. The normalized spacial score (nSPS) is 35.6. The molecule has 6 aromatic heterocycles. The monoisotopic (exact) mass is 1670 g/mol. The van der Waals surface area contributed by atoms with Crippen LogP contribution in [0.4, 0.5) is 11.8 Å². The average molecular weight is 1670 g/mol. The van der Waals surface area contributed by atoms with Gasteiger partial charge >= 0.3 is 49.7 Å². The minimum absolute atomic E-state index is 0.0314. The molecule has 51 heteroatoms. The third kappa shape index (κ3) is 14.4. The highest BCUT2D eigenvalue weighted by atomic mass is 32.7. The minimum Gasteiger partial charge on any atom is -0.387 e. The Hall–Kier alpha value is -5.40. The van der Waals surface area contributed by atoms with E-state index in [0.717, 1.165) is 13.7 Å². The summed E-state index contributed by atoms with van der Waals surface area (Å²) < 4.78 is 121. The van der Waals surface area contributed by atoms with Gasteiger partial charge in [-0.2, -0.15) is 9.97 Å². The second-order valence-corrected chi connectivity index (χ2v) is 38.5. The van der Waals surface area contributed by atoms with E-state index in [1.165, 1.54) is 74.9 Å². The summed E-state index contributed by atoms with van der Waals surface area (Å²) in [6, 6.07) is 0. The van der Waals surface area contributed by atoms with Gasteiger partial charge in [0.2, 0.25) is 5.95 Å². The summed E-state index contributed by atoms with van der Waals surface area (Å²) in [6.45, 7) is -9.74. The highest BCUT2D eigenvalue weighted by Gasteiger charge is 2.72. The molecular formula is C57H74N14O29P4S4. The second kappa shape index (κ2) is 28.9. The number of rotatable bonds is 26. The number of aliphatic hydroxyl groups is 1. The van der Waals surface area contributed by atoms with Crippen molar-refractivity contribution >= 4 is 97.6 Å². The highest BCUT2D eigenvalue weighted by Crippen LogP contribution is 2.64. The van der Waals surface area contributed by atoms with E-state index in [-0.39, 0.29) is 52.5 Å². The lowest BCUT2D eigenvalue weighted by molar-refractivity contribution is -0.218. The average Bonchev–Trinajstić information content (AvgIpc) is 1.56. The van der Waals surface area contributed by atoms with Crippen molar-refractivity contribution in [3.05, 3.63) is 137 Å². The van der Waals surface area contributed by atoms with Crippen molar-refractivity contribution in [1.29, 1.82) is 0 Å². The Morgan fingerprint density at radius 1 is 0.565 bits per heavy atom. The predicted octanol–water partition coefficient (Wildman–Crippen LogP) is -0.769. The van der Waals surface area contributed by atoms with Gasteiger partial charge < -0.3 is 87.2 Å².